The van der Waals surface area contributed by atoms with Gasteiger partial charge in [0.25, 0.3) is 0 Å². The smallest absolute Gasteiger partial charge is 0.223 e. The van der Waals surface area contributed by atoms with Crippen molar-refractivity contribution in [2.75, 3.05) is 11.9 Å². The van der Waals surface area contributed by atoms with Gasteiger partial charge in [-0.25, -0.2) is 0 Å². The zero-order chi connectivity index (χ0) is 11.7. The molecule has 15 heavy (non-hydrogen) atoms. The van der Waals surface area contributed by atoms with Gasteiger partial charge in [0, 0.05) is 17.8 Å². The van der Waals surface area contributed by atoms with Crippen LogP contribution in [0.4, 0.5) is 0 Å². The highest BCUT2D eigenvalue weighted by atomic mass is 79.9. The van der Waals surface area contributed by atoms with Crippen molar-refractivity contribution in [2.24, 2.45) is 11.8 Å². The standard InChI is InChI=1S/C12H24BrNO/c1-10(2)11(3)12(15)14-9-7-5-4-6-8-13/h10-11H,4-9H2,1-3H3,(H,14,15). The Morgan fingerprint density at radius 3 is 2.27 bits per heavy atom. The van der Waals surface area contributed by atoms with Gasteiger partial charge in [-0.2, -0.15) is 0 Å². The van der Waals surface area contributed by atoms with Crippen molar-refractivity contribution in [2.45, 2.75) is 46.5 Å². The quantitative estimate of drug-likeness (QED) is 0.535. The Labute approximate surface area is 102 Å². The van der Waals surface area contributed by atoms with Crippen LogP contribution in [-0.4, -0.2) is 17.8 Å². The van der Waals surface area contributed by atoms with Crippen molar-refractivity contribution in [3.05, 3.63) is 0 Å². The first-order valence-corrected chi connectivity index (χ1v) is 7.05. The molecular weight excluding hydrogens is 254 g/mol. The summed E-state index contributed by atoms with van der Waals surface area (Å²) in [5.41, 5.74) is 0. The van der Waals surface area contributed by atoms with Crippen LogP contribution in [0.15, 0.2) is 0 Å². The number of unbranched alkanes of at least 4 members (excludes halogenated alkanes) is 3. The maximum Gasteiger partial charge on any atom is 0.223 e. The molecule has 3 heteroatoms. The minimum atomic E-state index is 0.132. The predicted molar refractivity (Wildman–Crippen MR) is 69.3 cm³/mol. The molecule has 0 aromatic heterocycles. The van der Waals surface area contributed by atoms with Crippen LogP contribution < -0.4 is 5.32 Å². The van der Waals surface area contributed by atoms with Crippen LogP contribution >= 0.6 is 15.9 Å². The van der Waals surface area contributed by atoms with E-state index in [0.717, 1.165) is 18.3 Å². The molecule has 1 N–H and O–H groups in total. The predicted octanol–water partition coefficient (Wildman–Crippen LogP) is 3.35. The number of nitrogens with one attached hydrogen (secondary N) is 1. The van der Waals surface area contributed by atoms with E-state index in [2.05, 4.69) is 35.1 Å². The van der Waals surface area contributed by atoms with Crippen molar-refractivity contribution in [3.63, 3.8) is 0 Å². The molecule has 0 aliphatic rings. The maximum absolute atomic E-state index is 11.6. The summed E-state index contributed by atoms with van der Waals surface area (Å²) in [7, 11) is 0. The van der Waals surface area contributed by atoms with Crippen LogP contribution in [-0.2, 0) is 4.79 Å². The molecule has 0 aromatic rings. The molecule has 1 amide bonds. The van der Waals surface area contributed by atoms with Gasteiger partial charge in [0.2, 0.25) is 5.91 Å². The molecule has 0 saturated carbocycles. The first-order valence-electron chi connectivity index (χ1n) is 5.93. The fraction of sp³-hybridized carbons (Fsp3) is 0.917. The SMILES string of the molecule is CC(C)C(C)C(=O)NCCCCCCBr. The number of carbonyl (C=O) groups excluding carboxylic acids is 1. The van der Waals surface area contributed by atoms with Crippen LogP contribution in [0.5, 0.6) is 0 Å². The zero-order valence-corrected chi connectivity index (χ0v) is 11.8. The Bertz CT molecular complexity index is 171. The average molecular weight is 278 g/mol. The zero-order valence-electron chi connectivity index (χ0n) is 10.2. The molecule has 0 rings (SSSR count). The van der Waals surface area contributed by atoms with E-state index in [1.807, 2.05) is 6.92 Å². The van der Waals surface area contributed by atoms with Gasteiger partial charge in [0.15, 0.2) is 0 Å². The Hall–Kier alpha value is -0.0500. The molecule has 0 bridgehead atoms. The lowest BCUT2D eigenvalue weighted by Gasteiger charge is -2.15. The van der Waals surface area contributed by atoms with E-state index in [4.69, 9.17) is 0 Å². The molecular formula is C12H24BrNO. The lowest BCUT2D eigenvalue weighted by molar-refractivity contribution is -0.125. The summed E-state index contributed by atoms with van der Waals surface area (Å²) in [6.07, 6.45) is 4.79. The second-order valence-electron chi connectivity index (χ2n) is 4.43. The maximum atomic E-state index is 11.6. The molecule has 0 heterocycles. The van der Waals surface area contributed by atoms with Crippen LogP contribution in [0.1, 0.15) is 46.5 Å². The number of rotatable bonds is 8. The minimum Gasteiger partial charge on any atom is -0.356 e. The topological polar surface area (TPSA) is 29.1 Å². The second-order valence-corrected chi connectivity index (χ2v) is 5.22. The number of halogens is 1. The Morgan fingerprint density at radius 1 is 1.13 bits per heavy atom. The second kappa shape index (κ2) is 9.20. The largest absolute Gasteiger partial charge is 0.356 e. The normalized spacial score (nSPS) is 12.9. The van der Waals surface area contributed by atoms with Gasteiger partial charge in [-0.1, -0.05) is 49.5 Å². The van der Waals surface area contributed by atoms with Crippen LogP contribution in [0.25, 0.3) is 0 Å². The van der Waals surface area contributed by atoms with E-state index in [-0.39, 0.29) is 11.8 Å². The van der Waals surface area contributed by atoms with Gasteiger partial charge >= 0.3 is 0 Å². The van der Waals surface area contributed by atoms with Crippen molar-refractivity contribution >= 4 is 21.8 Å². The minimum absolute atomic E-state index is 0.132. The molecule has 0 aliphatic carbocycles. The van der Waals surface area contributed by atoms with E-state index >= 15 is 0 Å². The summed E-state index contributed by atoms with van der Waals surface area (Å²) in [5, 5.41) is 4.08. The first-order chi connectivity index (χ1) is 7.09. The monoisotopic (exact) mass is 277 g/mol. The molecule has 0 radical (unpaired) electrons. The summed E-state index contributed by atoms with van der Waals surface area (Å²) in [6, 6.07) is 0. The van der Waals surface area contributed by atoms with Crippen molar-refractivity contribution in [1.82, 2.24) is 5.32 Å². The molecule has 1 atom stereocenters. The third-order valence-electron chi connectivity index (χ3n) is 2.77. The molecule has 1 unspecified atom stereocenters. The number of hydrogen-bond donors (Lipinski definition) is 1. The van der Waals surface area contributed by atoms with Gasteiger partial charge in [-0.3, -0.25) is 4.79 Å². The summed E-state index contributed by atoms with van der Waals surface area (Å²) >= 11 is 3.41. The fourth-order valence-corrected chi connectivity index (χ4v) is 1.64. The van der Waals surface area contributed by atoms with Gasteiger partial charge in [0.05, 0.1) is 0 Å². The molecule has 0 fully saturated rings. The lowest BCUT2D eigenvalue weighted by Crippen LogP contribution is -2.32. The number of hydrogen-bond acceptors (Lipinski definition) is 1. The highest BCUT2D eigenvalue weighted by Crippen LogP contribution is 2.09. The number of alkyl halides is 1. The number of carbonyl (C=O) groups is 1. The Morgan fingerprint density at radius 2 is 1.73 bits per heavy atom. The highest BCUT2D eigenvalue weighted by Gasteiger charge is 2.15. The van der Waals surface area contributed by atoms with E-state index in [0.29, 0.717) is 5.92 Å². The number of amides is 1. The molecule has 0 aliphatic heterocycles. The summed E-state index contributed by atoms with van der Waals surface area (Å²) < 4.78 is 0. The molecule has 2 nitrogen and oxygen atoms in total. The van der Waals surface area contributed by atoms with Crippen LogP contribution in [0, 0.1) is 11.8 Å². The van der Waals surface area contributed by atoms with Gasteiger partial charge < -0.3 is 5.32 Å². The third-order valence-corrected chi connectivity index (χ3v) is 3.33. The average Bonchev–Trinajstić information content (AvgIpc) is 2.21. The van der Waals surface area contributed by atoms with Gasteiger partial charge in [0.1, 0.15) is 0 Å². The first kappa shape index (κ1) is 14.9. The third kappa shape index (κ3) is 7.83. The van der Waals surface area contributed by atoms with Crippen molar-refractivity contribution < 1.29 is 4.79 Å². The summed E-state index contributed by atoms with van der Waals surface area (Å²) in [5.74, 6) is 0.761. The fourth-order valence-electron chi connectivity index (χ4n) is 1.25. The molecule has 0 aromatic carbocycles. The van der Waals surface area contributed by atoms with E-state index < -0.39 is 0 Å². The van der Waals surface area contributed by atoms with Crippen molar-refractivity contribution in [1.29, 1.82) is 0 Å². The molecule has 90 valence electrons. The lowest BCUT2D eigenvalue weighted by atomic mass is 9.97. The van der Waals surface area contributed by atoms with Crippen LogP contribution in [0.2, 0.25) is 0 Å². The van der Waals surface area contributed by atoms with E-state index in [1.165, 1.54) is 19.3 Å². The Kier molecular flexibility index (Phi) is 9.17. The van der Waals surface area contributed by atoms with Crippen LogP contribution in [0.3, 0.4) is 0 Å². The molecule has 0 saturated heterocycles. The summed E-state index contributed by atoms with van der Waals surface area (Å²) in [4.78, 5) is 11.6. The van der Waals surface area contributed by atoms with Gasteiger partial charge in [-0.05, 0) is 18.8 Å². The van der Waals surface area contributed by atoms with Crippen molar-refractivity contribution in [3.8, 4) is 0 Å². The van der Waals surface area contributed by atoms with E-state index in [9.17, 15) is 4.79 Å². The molecule has 0 spiro atoms. The van der Waals surface area contributed by atoms with Gasteiger partial charge in [-0.15, -0.1) is 0 Å². The summed E-state index contributed by atoms with van der Waals surface area (Å²) in [6.45, 7) is 6.99. The Balaban J connectivity index is 3.39. The van der Waals surface area contributed by atoms with E-state index in [1.54, 1.807) is 0 Å². The highest BCUT2D eigenvalue weighted by molar-refractivity contribution is 9.09.